The quantitative estimate of drug-likeness (QED) is 0.194. The molecule has 0 N–H and O–H groups in total. The topological polar surface area (TPSA) is 130 Å². The van der Waals surface area contributed by atoms with Gasteiger partial charge in [-0.15, -0.1) is 0 Å². The van der Waals surface area contributed by atoms with E-state index < -0.39 is 8.32 Å². The molecule has 0 spiro atoms. The molecule has 9 nitrogen and oxygen atoms in total. The molecular weight excluding hydrogens is 498 g/mol. The Bertz CT molecular complexity index is 593. The van der Waals surface area contributed by atoms with E-state index in [0.717, 1.165) is 50.3 Å². The molecule has 0 aromatic carbocycles. The van der Waals surface area contributed by atoms with Gasteiger partial charge in [0, 0.05) is 0 Å². The van der Waals surface area contributed by atoms with Gasteiger partial charge in [0.25, 0.3) is 0 Å². The van der Waals surface area contributed by atoms with Crippen LogP contribution in [0.25, 0.3) is 0 Å². The van der Waals surface area contributed by atoms with Crippen molar-refractivity contribution >= 4 is 12.9 Å². The molecule has 1 aliphatic heterocycles. The molecular formula is C23H35CrNO8Si. The Labute approximate surface area is 213 Å². The van der Waals surface area contributed by atoms with Gasteiger partial charge in [-0.1, -0.05) is 0 Å². The summed E-state index contributed by atoms with van der Waals surface area (Å²) in [4.78, 5) is 2.41. The molecule has 1 fully saturated rings. The van der Waals surface area contributed by atoms with E-state index in [1.165, 1.54) is 5.70 Å². The molecule has 1 aliphatic rings. The predicted octanol–water partition coefficient (Wildman–Crippen LogP) is 3.53. The minimum absolute atomic E-state index is 0.268. The molecule has 0 amide bonds. The third-order valence-electron chi connectivity index (χ3n) is 4.83. The van der Waals surface area contributed by atoms with Gasteiger partial charge in [-0.25, -0.2) is 0 Å². The molecule has 34 heavy (non-hydrogen) atoms. The van der Waals surface area contributed by atoms with Gasteiger partial charge >= 0.3 is 214 Å². The number of ether oxygens (including phenoxy) is 2. The van der Waals surface area contributed by atoms with E-state index in [2.05, 4.69) is 93.9 Å². The Kier molecular flexibility index (Phi) is 37.5. The van der Waals surface area contributed by atoms with Crippen molar-refractivity contribution in [2.75, 3.05) is 39.5 Å². The van der Waals surface area contributed by atoms with E-state index in [4.69, 9.17) is 37.2 Å². The summed E-state index contributed by atoms with van der Waals surface area (Å²) in [5.41, 5.74) is 1.32. The first-order valence-corrected chi connectivity index (χ1v) is 13.6. The number of nitrogens with zero attached hydrogens (tertiary/aromatic N) is 1. The van der Waals surface area contributed by atoms with E-state index in [0.29, 0.717) is 6.61 Å². The Balaban J connectivity index is -0.000000247. The number of allylic oxidation sites excluding steroid dienone is 1. The molecule has 1 saturated heterocycles. The molecule has 0 aliphatic carbocycles. The van der Waals surface area contributed by atoms with Gasteiger partial charge in [-0.2, -0.15) is 0 Å². The molecule has 1 rings (SSSR count). The Morgan fingerprint density at radius 1 is 0.971 bits per heavy atom. The van der Waals surface area contributed by atoms with Crippen molar-refractivity contribution in [1.82, 2.24) is 4.90 Å². The van der Waals surface area contributed by atoms with Crippen LogP contribution in [-0.2, 0) is 53.0 Å². The summed E-state index contributed by atoms with van der Waals surface area (Å²) in [6.07, 6.45) is 4.18. The monoisotopic (exact) mass is 533 g/mol. The normalized spacial score (nSPS) is 12.5. The summed E-state index contributed by atoms with van der Waals surface area (Å²) in [5.74, 6) is 0. The zero-order chi connectivity index (χ0) is 28.2. The van der Waals surface area contributed by atoms with Crippen LogP contribution in [0.15, 0.2) is 11.8 Å². The van der Waals surface area contributed by atoms with Crippen LogP contribution in [-0.4, -0.2) is 57.3 Å². The average Bonchev–Trinajstić information content (AvgIpc) is 2.87. The van der Waals surface area contributed by atoms with Gasteiger partial charge < -0.3 is 0 Å². The first-order valence-electron chi connectivity index (χ1n) is 10.0. The van der Waals surface area contributed by atoms with E-state index in [1.807, 2.05) is 6.92 Å². The molecule has 1 heterocycles. The van der Waals surface area contributed by atoms with Crippen LogP contribution in [0.2, 0.25) is 18.1 Å². The molecule has 0 unspecified atom stereocenters. The molecule has 11 heteroatoms. The maximum absolute atomic E-state index is 7.50. The van der Waals surface area contributed by atoms with Crippen LogP contribution in [0.1, 0.15) is 40.5 Å². The van der Waals surface area contributed by atoms with Crippen molar-refractivity contribution in [3.63, 3.8) is 0 Å². The van der Waals surface area contributed by atoms with Gasteiger partial charge in [0.1, 0.15) is 0 Å². The van der Waals surface area contributed by atoms with Crippen LogP contribution in [0.4, 0.5) is 0 Å². The summed E-state index contributed by atoms with van der Waals surface area (Å²) in [6.45, 7) is 41.0. The molecule has 0 radical (unpaired) electrons. The Hall–Kier alpha value is -1.26. The van der Waals surface area contributed by atoms with E-state index >= 15 is 0 Å². The van der Waals surface area contributed by atoms with Crippen LogP contribution < -0.4 is 0 Å². The van der Waals surface area contributed by atoms with Crippen LogP contribution in [0.5, 0.6) is 0 Å². The van der Waals surface area contributed by atoms with Crippen molar-refractivity contribution in [2.45, 2.75) is 58.7 Å². The summed E-state index contributed by atoms with van der Waals surface area (Å²) >= 11 is 3.02. The van der Waals surface area contributed by atoms with Gasteiger partial charge in [-0.05, 0) is 0 Å². The molecule has 190 valence electrons. The van der Waals surface area contributed by atoms with Crippen molar-refractivity contribution in [2.24, 2.45) is 0 Å². The SMILES string of the molecule is CCO[C](=[Cr])/C=C(\CCCO[Si](C)(C)C(C)(C)C)N1CCOCC1.[C-]#[O+].[C-]#[O+].[C-]#[O+].[C-]#[O+].[C-]#[O+]. The van der Waals surface area contributed by atoms with Crippen molar-refractivity contribution in [1.29, 1.82) is 0 Å². The predicted molar refractivity (Wildman–Crippen MR) is 119 cm³/mol. The van der Waals surface area contributed by atoms with E-state index in [1.54, 1.807) is 0 Å². The number of rotatable bonds is 9. The third kappa shape index (κ3) is 22.5. The fourth-order valence-electron chi connectivity index (χ4n) is 2.29. The Morgan fingerprint density at radius 3 is 1.79 bits per heavy atom. The number of hydrogen-bond acceptors (Lipinski definition) is 4. The molecule has 0 aromatic rings. The first kappa shape index (κ1) is 42.9. The zero-order valence-electron chi connectivity index (χ0n) is 20.9. The summed E-state index contributed by atoms with van der Waals surface area (Å²) in [7, 11) is -1.65. The van der Waals surface area contributed by atoms with Crippen LogP contribution >= 0.6 is 0 Å². The van der Waals surface area contributed by atoms with Gasteiger partial charge in [-0.3, -0.25) is 0 Å². The summed E-state index contributed by atoms with van der Waals surface area (Å²) in [6, 6.07) is 0. The minimum atomic E-state index is -1.65. The standard InChI is InChI=1S/C18H35NO3Si.5CO.Cr/c1-7-20-14-10-17(19-11-15-21-16-12-19)9-8-13-22-23(5,6)18(2,3)4;5*1-2;/h10H,7-9,11-13,15-16H2,1-6H3;;;;;;/b17-10+;;;;;;. The second-order valence-electron chi connectivity index (χ2n) is 7.70. The number of morpholine rings is 1. The van der Waals surface area contributed by atoms with E-state index in [-0.39, 0.29) is 5.04 Å². The molecule has 0 atom stereocenters. The van der Waals surface area contributed by atoms with Gasteiger partial charge in [0.15, 0.2) is 0 Å². The van der Waals surface area contributed by atoms with Gasteiger partial charge in [0.2, 0.25) is 0 Å². The maximum atomic E-state index is 7.50. The van der Waals surface area contributed by atoms with Crippen LogP contribution in [0.3, 0.4) is 0 Å². The fraction of sp³-hybridized carbons (Fsp3) is 0.652. The summed E-state index contributed by atoms with van der Waals surface area (Å²) in [5, 5.41) is 0.268. The summed E-state index contributed by atoms with van der Waals surface area (Å²) < 4.78 is 55.7. The number of hydrogen-bond donors (Lipinski definition) is 0. The molecule has 0 saturated carbocycles. The first-order chi connectivity index (χ1) is 16.2. The molecule has 0 bridgehead atoms. The van der Waals surface area contributed by atoms with Crippen LogP contribution in [0, 0.1) is 33.3 Å². The van der Waals surface area contributed by atoms with E-state index in [9.17, 15) is 0 Å². The van der Waals surface area contributed by atoms with Gasteiger partial charge in [0.05, 0.1) is 0 Å². The van der Waals surface area contributed by atoms with Crippen molar-refractivity contribution in [3.8, 4) is 0 Å². The third-order valence-corrected chi connectivity index (χ3v) is 9.74. The zero-order valence-corrected chi connectivity index (χ0v) is 23.1. The second kappa shape index (κ2) is 29.8. The average molecular weight is 534 g/mol. The van der Waals surface area contributed by atoms with Crippen molar-refractivity contribution in [3.05, 3.63) is 45.0 Å². The Morgan fingerprint density at radius 2 is 1.41 bits per heavy atom. The molecule has 0 aromatic heterocycles. The fourth-order valence-corrected chi connectivity index (χ4v) is 3.77. The van der Waals surface area contributed by atoms with Crippen molar-refractivity contribution < 1.29 is 53.0 Å². The second-order valence-corrected chi connectivity index (χ2v) is 13.1.